The maximum atomic E-state index is 11.0. The fraction of sp³-hybridized carbons (Fsp3) is 0.667. The Morgan fingerprint density at radius 2 is 2.43 bits per heavy atom. The Balaban J connectivity index is 1.80. The van der Waals surface area contributed by atoms with Gasteiger partial charge in [-0.25, -0.2) is 0 Å². The number of aryl methyl sites for hydroxylation is 1. The maximum absolute atomic E-state index is 11.0. The second kappa shape index (κ2) is 3.88. The monoisotopic (exact) mass is 195 g/mol. The molecule has 1 aliphatic heterocycles. The smallest absolute Gasteiger partial charge is 0.227 e. The molecule has 2 rings (SSSR count). The average molecular weight is 195 g/mol. The highest BCUT2D eigenvalue weighted by Crippen LogP contribution is 2.05. The molecule has 14 heavy (non-hydrogen) atoms. The first-order valence-electron chi connectivity index (χ1n) is 4.77. The minimum atomic E-state index is 0.326. The predicted molar refractivity (Wildman–Crippen MR) is 48.8 cm³/mol. The first kappa shape index (κ1) is 9.33. The van der Waals surface area contributed by atoms with Crippen molar-refractivity contribution in [3.05, 3.63) is 11.7 Å². The Hall–Kier alpha value is -1.23. The molecule has 0 aliphatic carbocycles. The molecule has 0 amide bonds. The summed E-state index contributed by atoms with van der Waals surface area (Å²) in [5.74, 6) is 1.64. The number of ketones is 1. The van der Waals surface area contributed by atoms with Crippen LogP contribution >= 0.6 is 0 Å². The number of hydrogen-bond donors (Lipinski definition) is 0. The molecule has 1 aromatic rings. The zero-order valence-corrected chi connectivity index (χ0v) is 8.19. The molecule has 1 fully saturated rings. The van der Waals surface area contributed by atoms with Crippen LogP contribution in [0.2, 0.25) is 0 Å². The van der Waals surface area contributed by atoms with Gasteiger partial charge in [-0.1, -0.05) is 5.16 Å². The number of Topliss-reactive ketones (excluding diaryl/α,β-unsaturated/α-hetero) is 1. The summed E-state index contributed by atoms with van der Waals surface area (Å²) < 4.78 is 4.98. The summed E-state index contributed by atoms with van der Waals surface area (Å²) in [6, 6.07) is 0. The molecule has 0 saturated carbocycles. The number of carbonyl (C=O) groups is 1. The SMILES string of the molecule is Cc1noc(CCN2CCC(=O)C2)n1. The van der Waals surface area contributed by atoms with E-state index in [0.717, 1.165) is 19.5 Å². The molecule has 5 heteroatoms. The lowest BCUT2D eigenvalue weighted by molar-refractivity contribution is -0.116. The third-order valence-electron chi connectivity index (χ3n) is 2.32. The van der Waals surface area contributed by atoms with Crippen molar-refractivity contribution < 1.29 is 9.32 Å². The van der Waals surface area contributed by atoms with Crippen LogP contribution in [-0.4, -0.2) is 40.5 Å². The van der Waals surface area contributed by atoms with Gasteiger partial charge in [-0.05, 0) is 6.92 Å². The molecule has 1 aliphatic rings. The molecule has 0 aromatic carbocycles. The Labute approximate surface area is 82.1 Å². The van der Waals surface area contributed by atoms with Crippen molar-refractivity contribution in [2.75, 3.05) is 19.6 Å². The van der Waals surface area contributed by atoms with Crippen LogP contribution in [0.5, 0.6) is 0 Å². The van der Waals surface area contributed by atoms with Gasteiger partial charge < -0.3 is 4.52 Å². The van der Waals surface area contributed by atoms with E-state index in [-0.39, 0.29) is 0 Å². The van der Waals surface area contributed by atoms with E-state index in [2.05, 4.69) is 15.0 Å². The zero-order chi connectivity index (χ0) is 9.97. The molecular weight excluding hydrogens is 182 g/mol. The highest BCUT2D eigenvalue weighted by Gasteiger charge is 2.19. The molecule has 0 radical (unpaired) electrons. The highest BCUT2D eigenvalue weighted by molar-refractivity contribution is 5.82. The quantitative estimate of drug-likeness (QED) is 0.689. The number of nitrogens with zero attached hydrogens (tertiary/aromatic N) is 3. The van der Waals surface area contributed by atoms with Crippen LogP contribution in [0.25, 0.3) is 0 Å². The van der Waals surface area contributed by atoms with E-state index >= 15 is 0 Å². The minimum absolute atomic E-state index is 0.326. The van der Waals surface area contributed by atoms with Crippen LogP contribution in [0.15, 0.2) is 4.52 Å². The second-order valence-electron chi connectivity index (χ2n) is 3.55. The van der Waals surface area contributed by atoms with E-state index in [0.29, 0.717) is 30.5 Å². The molecule has 0 N–H and O–H groups in total. The average Bonchev–Trinajstić information content (AvgIpc) is 2.72. The molecular formula is C9H13N3O2. The van der Waals surface area contributed by atoms with Gasteiger partial charge in [0.05, 0.1) is 6.54 Å². The van der Waals surface area contributed by atoms with Gasteiger partial charge in [-0.3, -0.25) is 9.69 Å². The van der Waals surface area contributed by atoms with Crippen molar-refractivity contribution in [1.82, 2.24) is 15.0 Å². The van der Waals surface area contributed by atoms with Gasteiger partial charge in [0, 0.05) is 25.9 Å². The van der Waals surface area contributed by atoms with Crippen molar-refractivity contribution >= 4 is 5.78 Å². The van der Waals surface area contributed by atoms with E-state index in [9.17, 15) is 4.79 Å². The Morgan fingerprint density at radius 1 is 1.57 bits per heavy atom. The van der Waals surface area contributed by atoms with Gasteiger partial charge in [0.2, 0.25) is 5.89 Å². The van der Waals surface area contributed by atoms with E-state index in [1.165, 1.54) is 0 Å². The number of likely N-dealkylation sites (tertiary alicyclic amines) is 1. The van der Waals surface area contributed by atoms with Gasteiger partial charge in [0.15, 0.2) is 5.82 Å². The molecule has 0 bridgehead atoms. The molecule has 5 nitrogen and oxygen atoms in total. The number of rotatable bonds is 3. The lowest BCUT2D eigenvalue weighted by Gasteiger charge is -2.10. The molecule has 0 atom stereocenters. The summed E-state index contributed by atoms with van der Waals surface area (Å²) in [5, 5.41) is 3.71. The van der Waals surface area contributed by atoms with Crippen molar-refractivity contribution in [3.63, 3.8) is 0 Å². The van der Waals surface area contributed by atoms with E-state index in [1.807, 2.05) is 0 Å². The van der Waals surface area contributed by atoms with Crippen LogP contribution in [-0.2, 0) is 11.2 Å². The lowest BCUT2D eigenvalue weighted by atomic mass is 10.4. The Bertz CT molecular complexity index is 335. The highest BCUT2D eigenvalue weighted by atomic mass is 16.5. The van der Waals surface area contributed by atoms with Gasteiger partial charge in [0.25, 0.3) is 0 Å². The fourth-order valence-corrected chi connectivity index (χ4v) is 1.58. The van der Waals surface area contributed by atoms with Gasteiger partial charge in [0.1, 0.15) is 5.78 Å². The summed E-state index contributed by atoms with van der Waals surface area (Å²) in [4.78, 5) is 17.2. The molecule has 0 spiro atoms. The number of carbonyl (C=O) groups excluding carboxylic acids is 1. The second-order valence-corrected chi connectivity index (χ2v) is 3.55. The summed E-state index contributed by atoms with van der Waals surface area (Å²) >= 11 is 0. The summed E-state index contributed by atoms with van der Waals surface area (Å²) in [6.45, 7) is 4.07. The molecule has 76 valence electrons. The van der Waals surface area contributed by atoms with Crippen LogP contribution < -0.4 is 0 Å². The largest absolute Gasteiger partial charge is 0.339 e. The third-order valence-corrected chi connectivity index (χ3v) is 2.32. The van der Waals surface area contributed by atoms with Crippen molar-refractivity contribution in [2.45, 2.75) is 19.8 Å². The van der Waals surface area contributed by atoms with Crippen molar-refractivity contribution in [1.29, 1.82) is 0 Å². The van der Waals surface area contributed by atoms with E-state index in [4.69, 9.17) is 4.52 Å². The molecule has 0 unspecified atom stereocenters. The number of aromatic nitrogens is 2. The Kier molecular flexibility index (Phi) is 2.58. The van der Waals surface area contributed by atoms with E-state index < -0.39 is 0 Å². The van der Waals surface area contributed by atoms with Crippen LogP contribution in [0, 0.1) is 6.92 Å². The normalized spacial score (nSPS) is 17.9. The molecule has 1 saturated heterocycles. The standard InChI is InChI=1S/C9H13N3O2/c1-7-10-9(14-11-7)3-5-12-4-2-8(13)6-12/h2-6H2,1H3. The third kappa shape index (κ3) is 2.17. The minimum Gasteiger partial charge on any atom is -0.339 e. The first-order valence-corrected chi connectivity index (χ1v) is 4.77. The predicted octanol–water partition coefficient (Wildman–Crippen LogP) is 0.195. The summed E-state index contributed by atoms with van der Waals surface area (Å²) in [6.07, 6.45) is 1.41. The molecule has 1 aromatic heterocycles. The van der Waals surface area contributed by atoms with Gasteiger partial charge in [-0.2, -0.15) is 4.98 Å². The molecule has 2 heterocycles. The van der Waals surface area contributed by atoms with Gasteiger partial charge >= 0.3 is 0 Å². The first-order chi connectivity index (χ1) is 6.74. The zero-order valence-electron chi connectivity index (χ0n) is 8.19. The van der Waals surface area contributed by atoms with E-state index in [1.54, 1.807) is 6.92 Å². The topological polar surface area (TPSA) is 59.2 Å². The van der Waals surface area contributed by atoms with Crippen LogP contribution in [0.4, 0.5) is 0 Å². The summed E-state index contributed by atoms with van der Waals surface area (Å²) in [7, 11) is 0. The lowest BCUT2D eigenvalue weighted by Crippen LogP contribution is -2.23. The van der Waals surface area contributed by atoms with Crippen LogP contribution in [0.1, 0.15) is 18.1 Å². The summed E-state index contributed by atoms with van der Waals surface area (Å²) in [5.41, 5.74) is 0. The van der Waals surface area contributed by atoms with Crippen LogP contribution in [0.3, 0.4) is 0 Å². The number of hydrogen-bond acceptors (Lipinski definition) is 5. The van der Waals surface area contributed by atoms with Gasteiger partial charge in [-0.15, -0.1) is 0 Å². The van der Waals surface area contributed by atoms with Crippen molar-refractivity contribution in [2.24, 2.45) is 0 Å². The van der Waals surface area contributed by atoms with Crippen molar-refractivity contribution in [3.8, 4) is 0 Å². The fourth-order valence-electron chi connectivity index (χ4n) is 1.58. The maximum Gasteiger partial charge on any atom is 0.227 e. The Morgan fingerprint density at radius 3 is 3.00 bits per heavy atom.